The SMILES string of the molecule is CCN(C1=NS(=O)c2cccc(OC)c21)C(C)C. The molecule has 1 aliphatic rings. The molecule has 0 aromatic heterocycles. The molecule has 0 radical (unpaired) electrons. The van der Waals surface area contributed by atoms with Crippen LogP contribution < -0.4 is 4.74 Å². The van der Waals surface area contributed by atoms with Gasteiger partial charge in [0.2, 0.25) is 0 Å². The largest absolute Gasteiger partial charge is 0.496 e. The average molecular weight is 266 g/mol. The molecule has 0 aliphatic carbocycles. The van der Waals surface area contributed by atoms with Crippen LogP contribution in [0.25, 0.3) is 0 Å². The summed E-state index contributed by atoms with van der Waals surface area (Å²) in [7, 11) is 0.313. The average Bonchev–Trinajstić information content (AvgIpc) is 2.68. The van der Waals surface area contributed by atoms with Gasteiger partial charge in [-0.15, -0.1) is 0 Å². The first-order valence-corrected chi connectivity index (χ1v) is 7.15. The second-order valence-corrected chi connectivity index (χ2v) is 5.50. The Morgan fingerprint density at radius 3 is 2.72 bits per heavy atom. The van der Waals surface area contributed by atoms with Crippen LogP contribution >= 0.6 is 0 Å². The Hall–Kier alpha value is -1.36. The molecule has 0 N–H and O–H groups in total. The lowest BCUT2D eigenvalue weighted by Gasteiger charge is -2.27. The molecule has 98 valence electrons. The number of methoxy groups -OCH3 is 1. The third-order valence-electron chi connectivity index (χ3n) is 3.03. The highest BCUT2D eigenvalue weighted by atomic mass is 32.2. The fourth-order valence-corrected chi connectivity index (χ4v) is 3.19. The highest BCUT2D eigenvalue weighted by Gasteiger charge is 2.30. The standard InChI is InChI=1S/C13H18N2O2S/c1-5-15(9(2)3)13-12-10(17-4)7-6-8-11(12)18(16)14-13/h6-9H,5H2,1-4H3. The van der Waals surface area contributed by atoms with Gasteiger partial charge in [0, 0.05) is 12.6 Å². The van der Waals surface area contributed by atoms with Crippen LogP contribution in [0.5, 0.6) is 5.75 Å². The van der Waals surface area contributed by atoms with Gasteiger partial charge in [-0.1, -0.05) is 6.07 Å². The summed E-state index contributed by atoms with van der Waals surface area (Å²) >= 11 is 0. The maximum atomic E-state index is 12.0. The van der Waals surface area contributed by atoms with Gasteiger partial charge in [-0.3, -0.25) is 0 Å². The lowest BCUT2D eigenvalue weighted by molar-refractivity contribution is 0.364. The molecule has 0 saturated heterocycles. The number of hydrogen-bond acceptors (Lipinski definition) is 3. The molecule has 4 nitrogen and oxygen atoms in total. The first-order valence-electron chi connectivity index (χ1n) is 6.04. The smallest absolute Gasteiger partial charge is 0.175 e. The molecule has 2 rings (SSSR count). The topological polar surface area (TPSA) is 41.9 Å². The van der Waals surface area contributed by atoms with Gasteiger partial charge in [0.1, 0.15) is 5.75 Å². The summed E-state index contributed by atoms with van der Waals surface area (Å²) in [4.78, 5) is 2.87. The number of amidine groups is 1. The zero-order chi connectivity index (χ0) is 13.3. The lowest BCUT2D eigenvalue weighted by atomic mass is 10.1. The minimum absolute atomic E-state index is 0.307. The quantitative estimate of drug-likeness (QED) is 0.842. The van der Waals surface area contributed by atoms with E-state index in [1.54, 1.807) is 7.11 Å². The molecule has 1 aliphatic heterocycles. The molecule has 1 atom stereocenters. The van der Waals surface area contributed by atoms with Gasteiger partial charge in [-0.05, 0) is 32.9 Å². The normalized spacial score (nSPS) is 17.6. The second-order valence-electron chi connectivity index (χ2n) is 4.38. The van der Waals surface area contributed by atoms with Crippen LogP contribution in [0.3, 0.4) is 0 Å². The van der Waals surface area contributed by atoms with Crippen LogP contribution in [0.1, 0.15) is 26.3 Å². The van der Waals surface area contributed by atoms with Gasteiger partial charge in [0.15, 0.2) is 16.8 Å². The van der Waals surface area contributed by atoms with E-state index in [1.807, 2.05) is 18.2 Å². The van der Waals surface area contributed by atoms with Crippen LogP contribution in [0.4, 0.5) is 0 Å². The second kappa shape index (κ2) is 5.10. The van der Waals surface area contributed by atoms with Crippen molar-refractivity contribution in [2.75, 3.05) is 13.7 Å². The number of hydrogen-bond donors (Lipinski definition) is 0. The van der Waals surface area contributed by atoms with E-state index in [4.69, 9.17) is 4.74 Å². The van der Waals surface area contributed by atoms with Crippen molar-refractivity contribution in [3.63, 3.8) is 0 Å². The highest BCUT2D eigenvalue weighted by molar-refractivity contribution is 7.84. The van der Waals surface area contributed by atoms with Gasteiger partial charge >= 0.3 is 0 Å². The molecule has 1 unspecified atom stereocenters. The summed E-state index contributed by atoms with van der Waals surface area (Å²) in [5, 5.41) is 0. The number of ether oxygens (including phenoxy) is 1. The van der Waals surface area contributed by atoms with E-state index in [-0.39, 0.29) is 0 Å². The van der Waals surface area contributed by atoms with E-state index in [1.165, 1.54) is 0 Å². The summed E-state index contributed by atoms with van der Waals surface area (Å²) < 4.78 is 21.7. The van der Waals surface area contributed by atoms with Crippen LogP contribution in [0, 0.1) is 0 Å². The Balaban J connectivity index is 2.55. The van der Waals surface area contributed by atoms with Crippen molar-refractivity contribution >= 4 is 16.8 Å². The minimum atomic E-state index is -1.31. The predicted octanol–water partition coefficient (Wildman–Crippen LogP) is 2.21. The van der Waals surface area contributed by atoms with Crippen LogP contribution in [-0.4, -0.2) is 34.6 Å². The summed E-state index contributed by atoms with van der Waals surface area (Å²) in [5.74, 6) is 1.51. The molecule has 1 aromatic carbocycles. The van der Waals surface area contributed by atoms with E-state index < -0.39 is 11.0 Å². The molecule has 1 aromatic rings. The van der Waals surface area contributed by atoms with E-state index >= 15 is 0 Å². The summed E-state index contributed by atoms with van der Waals surface area (Å²) in [6, 6.07) is 5.88. The number of benzene rings is 1. The van der Waals surface area contributed by atoms with Crippen molar-refractivity contribution in [2.45, 2.75) is 31.7 Å². The van der Waals surface area contributed by atoms with E-state index in [0.29, 0.717) is 6.04 Å². The molecule has 0 spiro atoms. The van der Waals surface area contributed by atoms with E-state index in [2.05, 4.69) is 30.1 Å². The molecule has 0 fully saturated rings. The van der Waals surface area contributed by atoms with E-state index in [0.717, 1.165) is 28.6 Å². The van der Waals surface area contributed by atoms with Gasteiger partial charge in [0.05, 0.1) is 17.6 Å². The molecular formula is C13H18N2O2S. The Kier molecular flexibility index (Phi) is 3.71. The maximum absolute atomic E-state index is 12.0. The first-order chi connectivity index (χ1) is 8.60. The van der Waals surface area contributed by atoms with Crippen molar-refractivity contribution in [3.05, 3.63) is 23.8 Å². The van der Waals surface area contributed by atoms with Gasteiger partial charge < -0.3 is 9.64 Å². The third kappa shape index (κ3) is 2.03. The number of nitrogens with zero attached hydrogens (tertiary/aromatic N) is 2. The van der Waals surface area contributed by atoms with Crippen molar-refractivity contribution in [1.82, 2.24) is 4.90 Å². The zero-order valence-electron chi connectivity index (χ0n) is 11.1. The lowest BCUT2D eigenvalue weighted by Crippen LogP contribution is -2.36. The van der Waals surface area contributed by atoms with Gasteiger partial charge in [-0.2, -0.15) is 4.40 Å². The first kappa shape index (κ1) is 13.1. The number of rotatable bonds is 3. The van der Waals surface area contributed by atoms with Gasteiger partial charge in [-0.25, -0.2) is 4.21 Å². The fraction of sp³-hybridized carbons (Fsp3) is 0.462. The monoisotopic (exact) mass is 266 g/mol. The van der Waals surface area contributed by atoms with Crippen LogP contribution in [0.15, 0.2) is 27.5 Å². The predicted molar refractivity (Wildman–Crippen MR) is 73.5 cm³/mol. The molecule has 0 saturated carbocycles. The molecular weight excluding hydrogens is 248 g/mol. The molecule has 5 heteroatoms. The fourth-order valence-electron chi connectivity index (χ4n) is 2.18. The molecule has 1 heterocycles. The summed E-state index contributed by atoms with van der Waals surface area (Å²) in [6.45, 7) is 7.09. The van der Waals surface area contributed by atoms with Crippen molar-refractivity contribution in [2.24, 2.45) is 4.40 Å². The molecule has 18 heavy (non-hydrogen) atoms. The Bertz CT molecular complexity index is 512. The van der Waals surface area contributed by atoms with E-state index in [9.17, 15) is 4.21 Å². The van der Waals surface area contributed by atoms with Crippen molar-refractivity contribution in [1.29, 1.82) is 0 Å². The minimum Gasteiger partial charge on any atom is -0.496 e. The maximum Gasteiger partial charge on any atom is 0.175 e. The van der Waals surface area contributed by atoms with Gasteiger partial charge in [0.25, 0.3) is 0 Å². The third-order valence-corrected chi connectivity index (χ3v) is 4.08. The van der Waals surface area contributed by atoms with Crippen molar-refractivity contribution < 1.29 is 8.95 Å². The highest BCUT2D eigenvalue weighted by Crippen LogP contribution is 2.32. The Morgan fingerprint density at radius 2 is 2.17 bits per heavy atom. The van der Waals surface area contributed by atoms with Crippen LogP contribution in [-0.2, 0) is 11.0 Å². The summed E-state index contributed by atoms with van der Waals surface area (Å²) in [6.07, 6.45) is 0. The zero-order valence-corrected chi connectivity index (χ0v) is 12.0. The Morgan fingerprint density at radius 1 is 1.44 bits per heavy atom. The van der Waals surface area contributed by atoms with Crippen LogP contribution in [0.2, 0.25) is 0 Å². The van der Waals surface area contributed by atoms with Crippen molar-refractivity contribution in [3.8, 4) is 5.75 Å². The Labute approximate surface area is 110 Å². The molecule has 0 bridgehead atoms. The number of fused-ring (bicyclic) bond motifs is 1. The summed E-state index contributed by atoms with van der Waals surface area (Å²) in [5.41, 5.74) is 0.869. The molecule has 0 amide bonds.